The van der Waals surface area contributed by atoms with Gasteiger partial charge in [-0.2, -0.15) is 0 Å². The summed E-state index contributed by atoms with van der Waals surface area (Å²) < 4.78 is 1.03. The molecule has 0 N–H and O–H groups in total. The minimum absolute atomic E-state index is 0.534. The molecule has 0 spiro atoms. The molecule has 1 aromatic heterocycles. The third-order valence-corrected chi connectivity index (χ3v) is 3.59. The number of halogens is 2. The molecular weight excluding hydrogens is 310 g/mol. The fourth-order valence-electron chi connectivity index (χ4n) is 1.95. The largest absolute Gasteiger partial charge is 0.235 e. The molecule has 1 heterocycles. The molecule has 0 radical (unpaired) electrons. The van der Waals surface area contributed by atoms with Crippen LogP contribution in [-0.2, 0) is 0 Å². The number of para-hydroxylation sites is 1. The normalized spacial score (nSPS) is 10.8. The maximum absolute atomic E-state index is 6.26. The fourth-order valence-corrected chi connectivity index (χ4v) is 2.60. The average molecular weight is 319 g/mol. The third-order valence-electron chi connectivity index (χ3n) is 2.81. The van der Waals surface area contributed by atoms with E-state index in [0.29, 0.717) is 5.15 Å². The third kappa shape index (κ3) is 2.14. The van der Waals surface area contributed by atoms with Crippen LogP contribution < -0.4 is 0 Å². The van der Waals surface area contributed by atoms with E-state index >= 15 is 0 Å². The van der Waals surface area contributed by atoms with Gasteiger partial charge in [-0.1, -0.05) is 57.9 Å². The molecule has 0 atom stereocenters. The lowest BCUT2D eigenvalue weighted by atomic mass is 10.1. The maximum atomic E-state index is 6.26. The summed E-state index contributed by atoms with van der Waals surface area (Å²) >= 11 is 9.73. The van der Waals surface area contributed by atoms with E-state index in [1.807, 2.05) is 48.5 Å². The molecule has 18 heavy (non-hydrogen) atoms. The van der Waals surface area contributed by atoms with Crippen LogP contribution in [0.25, 0.3) is 22.0 Å². The zero-order valence-electron chi connectivity index (χ0n) is 9.40. The number of pyridine rings is 1. The molecule has 0 saturated heterocycles. The summed E-state index contributed by atoms with van der Waals surface area (Å²) in [5.41, 5.74) is 2.94. The van der Waals surface area contributed by atoms with Gasteiger partial charge in [0.05, 0.1) is 5.52 Å². The standard InChI is InChI=1S/C15H9BrClN/c16-12-6-3-5-10(8-12)13-9-11-4-1-2-7-14(11)18-15(13)17/h1-9H. The van der Waals surface area contributed by atoms with Crippen LogP contribution in [-0.4, -0.2) is 4.98 Å². The van der Waals surface area contributed by atoms with Gasteiger partial charge in [-0.3, -0.25) is 0 Å². The second kappa shape index (κ2) is 4.71. The zero-order valence-corrected chi connectivity index (χ0v) is 11.7. The van der Waals surface area contributed by atoms with Crippen molar-refractivity contribution >= 4 is 38.4 Å². The van der Waals surface area contributed by atoms with E-state index < -0.39 is 0 Å². The Morgan fingerprint density at radius 3 is 2.61 bits per heavy atom. The van der Waals surface area contributed by atoms with Crippen molar-refractivity contribution in [2.24, 2.45) is 0 Å². The number of aromatic nitrogens is 1. The number of rotatable bonds is 1. The van der Waals surface area contributed by atoms with Crippen LogP contribution in [0.1, 0.15) is 0 Å². The van der Waals surface area contributed by atoms with E-state index in [9.17, 15) is 0 Å². The lowest BCUT2D eigenvalue weighted by Gasteiger charge is -2.06. The van der Waals surface area contributed by atoms with E-state index in [1.54, 1.807) is 0 Å². The molecule has 1 nitrogen and oxygen atoms in total. The summed E-state index contributed by atoms with van der Waals surface area (Å²) in [4.78, 5) is 4.43. The number of hydrogen-bond acceptors (Lipinski definition) is 1. The lowest BCUT2D eigenvalue weighted by molar-refractivity contribution is 1.40. The van der Waals surface area contributed by atoms with E-state index in [2.05, 4.69) is 27.0 Å². The first-order valence-corrected chi connectivity index (χ1v) is 6.72. The maximum Gasteiger partial charge on any atom is 0.137 e. The summed E-state index contributed by atoms with van der Waals surface area (Å²) in [6, 6.07) is 18.1. The summed E-state index contributed by atoms with van der Waals surface area (Å²) in [5, 5.41) is 1.63. The predicted octanol–water partition coefficient (Wildman–Crippen LogP) is 5.32. The smallest absolute Gasteiger partial charge is 0.137 e. The van der Waals surface area contributed by atoms with Crippen LogP contribution in [0.5, 0.6) is 0 Å². The Labute approximate surface area is 119 Å². The van der Waals surface area contributed by atoms with Gasteiger partial charge in [0.2, 0.25) is 0 Å². The molecule has 3 rings (SSSR count). The van der Waals surface area contributed by atoms with Gasteiger partial charge in [0.25, 0.3) is 0 Å². The average Bonchev–Trinajstić information content (AvgIpc) is 2.38. The molecule has 88 valence electrons. The van der Waals surface area contributed by atoms with Gasteiger partial charge < -0.3 is 0 Å². The number of fused-ring (bicyclic) bond motifs is 1. The Hall–Kier alpha value is -1.38. The lowest BCUT2D eigenvalue weighted by Crippen LogP contribution is -1.86. The van der Waals surface area contributed by atoms with Crippen LogP contribution in [0.4, 0.5) is 0 Å². The minimum atomic E-state index is 0.534. The quantitative estimate of drug-likeness (QED) is 0.553. The molecule has 3 heteroatoms. The van der Waals surface area contributed by atoms with Gasteiger partial charge >= 0.3 is 0 Å². The van der Waals surface area contributed by atoms with Crippen LogP contribution in [0.15, 0.2) is 59.1 Å². The van der Waals surface area contributed by atoms with Crippen LogP contribution >= 0.6 is 27.5 Å². The highest BCUT2D eigenvalue weighted by Gasteiger charge is 2.07. The Morgan fingerprint density at radius 2 is 1.78 bits per heavy atom. The molecule has 0 unspecified atom stereocenters. The summed E-state index contributed by atoms with van der Waals surface area (Å²) in [5.74, 6) is 0. The van der Waals surface area contributed by atoms with Gasteiger partial charge in [-0.25, -0.2) is 4.98 Å². The summed E-state index contributed by atoms with van der Waals surface area (Å²) in [6.45, 7) is 0. The Balaban J connectivity index is 2.26. The molecule has 0 amide bonds. The highest BCUT2D eigenvalue weighted by Crippen LogP contribution is 2.31. The molecule has 2 aromatic carbocycles. The second-order valence-electron chi connectivity index (χ2n) is 4.03. The van der Waals surface area contributed by atoms with Crippen molar-refractivity contribution in [2.75, 3.05) is 0 Å². The van der Waals surface area contributed by atoms with Gasteiger partial charge in [-0.15, -0.1) is 0 Å². The molecule has 3 aromatic rings. The van der Waals surface area contributed by atoms with Crippen molar-refractivity contribution in [1.29, 1.82) is 0 Å². The first-order chi connectivity index (χ1) is 8.74. The van der Waals surface area contributed by atoms with Crippen molar-refractivity contribution in [3.05, 3.63) is 64.2 Å². The summed E-state index contributed by atoms with van der Waals surface area (Å²) in [6.07, 6.45) is 0. The molecule has 0 saturated carbocycles. The van der Waals surface area contributed by atoms with Crippen molar-refractivity contribution in [3.8, 4) is 11.1 Å². The second-order valence-corrected chi connectivity index (χ2v) is 5.30. The minimum Gasteiger partial charge on any atom is -0.235 e. The Morgan fingerprint density at radius 1 is 0.944 bits per heavy atom. The summed E-state index contributed by atoms with van der Waals surface area (Å²) in [7, 11) is 0. The van der Waals surface area contributed by atoms with Gasteiger partial charge in [0, 0.05) is 15.4 Å². The predicted molar refractivity (Wildman–Crippen MR) is 79.9 cm³/mol. The number of hydrogen-bond donors (Lipinski definition) is 0. The van der Waals surface area contributed by atoms with E-state index in [4.69, 9.17) is 11.6 Å². The van der Waals surface area contributed by atoms with Crippen molar-refractivity contribution in [2.45, 2.75) is 0 Å². The number of benzene rings is 2. The fraction of sp³-hybridized carbons (Fsp3) is 0. The molecule has 0 fully saturated rings. The van der Waals surface area contributed by atoms with Gasteiger partial charge in [-0.05, 0) is 29.8 Å². The monoisotopic (exact) mass is 317 g/mol. The van der Waals surface area contributed by atoms with Gasteiger partial charge in [0.1, 0.15) is 5.15 Å². The van der Waals surface area contributed by atoms with Crippen molar-refractivity contribution in [1.82, 2.24) is 4.98 Å². The van der Waals surface area contributed by atoms with Crippen LogP contribution in [0.2, 0.25) is 5.15 Å². The van der Waals surface area contributed by atoms with Crippen molar-refractivity contribution < 1.29 is 0 Å². The molecule has 0 aliphatic carbocycles. The molecular formula is C15H9BrClN. The topological polar surface area (TPSA) is 12.9 Å². The molecule has 0 bridgehead atoms. The first-order valence-electron chi connectivity index (χ1n) is 5.55. The highest BCUT2D eigenvalue weighted by molar-refractivity contribution is 9.10. The number of nitrogens with zero attached hydrogens (tertiary/aromatic N) is 1. The van der Waals surface area contributed by atoms with E-state index in [0.717, 1.165) is 26.5 Å². The van der Waals surface area contributed by atoms with E-state index in [-0.39, 0.29) is 0 Å². The van der Waals surface area contributed by atoms with E-state index in [1.165, 1.54) is 0 Å². The van der Waals surface area contributed by atoms with Crippen LogP contribution in [0.3, 0.4) is 0 Å². The SMILES string of the molecule is Clc1nc2ccccc2cc1-c1cccc(Br)c1. The first kappa shape index (κ1) is 11.7. The Kier molecular flexibility index (Phi) is 3.06. The Bertz CT molecular complexity index is 725. The highest BCUT2D eigenvalue weighted by atomic mass is 79.9. The van der Waals surface area contributed by atoms with Crippen molar-refractivity contribution in [3.63, 3.8) is 0 Å². The molecule has 0 aliphatic heterocycles. The van der Waals surface area contributed by atoms with Gasteiger partial charge in [0.15, 0.2) is 0 Å². The zero-order chi connectivity index (χ0) is 12.5. The van der Waals surface area contributed by atoms with Crippen LogP contribution in [0, 0.1) is 0 Å². The molecule has 0 aliphatic rings.